The summed E-state index contributed by atoms with van der Waals surface area (Å²) in [7, 11) is 1.60. The molecule has 0 aliphatic carbocycles. The van der Waals surface area contributed by atoms with Gasteiger partial charge in [0.25, 0.3) is 0 Å². The van der Waals surface area contributed by atoms with Gasteiger partial charge < -0.3 is 14.7 Å². The molecule has 0 atom stereocenters. The predicted octanol–water partition coefficient (Wildman–Crippen LogP) is 1.98. The van der Waals surface area contributed by atoms with Crippen LogP contribution >= 0.6 is 0 Å². The summed E-state index contributed by atoms with van der Waals surface area (Å²) in [5.41, 5.74) is 0.770. The molecule has 1 N–H and O–H groups in total. The third kappa shape index (κ3) is 3.86. The number of hydrogen-bond donors (Lipinski definition) is 1. The largest absolute Gasteiger partial charge is 0.493 e. The lowest BCUT2D eigenvalue weighted by Crippen LogP contribution is -2.25. The third-order valence-corrected chi connectivity index (χ3v) is 3.26. The Kier molecular flexibility index (Phi) is 5.03. The molecule has 0 unspecified atom stereocenters. The smallest absolute Gasteiger partial charge is 0.161 e. The van der Waals surface area contributed by atoms with E-state index >= 15 is 0 Å². The molecular weight excluding hydrogens is 244 g/mol. The molecule has 104 valence electrons. The van der Waals surface area contributed by atoms with Gasteiger partial charge in [0.05, 0.1) is 13.3 Å². The molecule has 1 aliphatic rings. The average molecular weight is 264 g/mol. The number of hydrogen-bond acceptors (Lipinski definition) is 5. The lowest BCUT2D eigenvalue weighted by molar-refractivity contribution is 0.230. The number of methoxy groups -OCH3 is 1. The van der Waals surface area contributed by atoms with Crippen LogP contribution in [0.4, 0.5) is 0 Å². The van der Waals surface area contributed by atoms with E-state index in [4.69, 9.17) is 14.7 Å². The fourth-order valence-corrected chi connectivity index (χ4v) is 2.24. The highest BCUT2D eigenvalue weighted by atomic mass is 16.5. The molecule has 1 aromatic carbocycles. The zero-order valence-electron chi connectivity index (χ0n) is 11.2. The SMILES string of the molecule is COc1cc(C=NO)ccc1OCCN1CCCC1. The van der Waals surface area contributed by atoms with Gasteiger partial charge in [-0.1, -0.05) is 5.16 Å². The van der Waals surface area contributed by atoms with Gasteiger partial charge in [-0.2, -0.15) is 0 Å². The maximum absolute atomic E-state index is 8.51. The third-order valence-electron chi connectivity index (χ3n) is 3.26. The number of benzene rings is 1. The second-order valence-electron chi connectivity index (χ2n) is 4.55. The summed E-state index contributed by atoms with van der Waals surface area (Å²) in [5, 5.41) is 11.5. The molecular formula is C14H20N2O3. The zero-order valence-corrected chi connectivity index (χ0v) is 11.2. The van der Waals surface area contributed by atoms with Gasteiger partial charge in [0, 0.05) is 12.1 Å². The van der Waals surface area contributed by atoms with Gasteiger partial charge in [0.1, 0.15) is 6.61 Å². The highest BCUT2D eigenvalue weighted by molar-refractivity contribution is 5.80. The number of nitrogens with zero attached hydrogens (tertiary/aromatic N) is 2. The van der Waals surface area contributed by atoms with Crippen molar-refractivity contribution in [1.82, 2.24) is 4.90 Å². The monoisotopic (exact) mass is 264 g/mol. The van der Waals surface area contributed by atoms with E-state index in [0.29, 0.717) is 12.4 Å². The van der Waals surface area contributed by atoms with Crippen molar-refractivity contribution in [3.63, 3.8) is 0 Å². The van der Waals surface area contributed by atoms with Crippen LogP contribution in [0.15, 0.2) is 23.4 Å². The molecule has 0 bridgehead atoms. The highest BCUT2D eigenvalue weighted by Gasteiger charge is 2.11. The first-order chi connectivity index (χ1) is 9.33. The first-order valence-corrected chi connectivity index (χ1v) is 6.54. The summed E-state index contributed by atoms with van der Waals surface area (Å²) >= 11 is 0. The molecule has 5 nitrogen and oxygen atoms in total. The van der Waals surface area contributed by atoms with Gasteiger partial charge in [0.2, 0.25) is 0 Å². The second-order valence-corrected chi connectivity index (χ2v) is 4.55. The Bertz CT molecular complexity index is 429. The molecule has 1 fully saturated rings. The minimum atomic E-state index is 0.652. The van der Waals surface area contributed by atoms with Gasteiger partial charge in [0.15, 0.2) is 11.5 Å². The van der Waals surface area contributed by atoms with E-state index in [9.17, 15) is 0 Å². The Balaban J connectivity index is 1.91. The van der Waals surface area contributed by atoms with Crippen molar-refractivity contribution >= 4 is 6.21 Å². The van der Waals surface area contributed by atoms with E-state index in [1.54, 1.807) is 13.2 Å². The standard InChI is InChI=1S/C14H20N2O3/c1-18-14-10-12(11-15-17)4-5-13(14)19-9-8-16-6-2-3-7-16/h4-5,10-11,17H,2-3,6-9H2,1H3. The predicted molar refractivity (Wildman–Crippen MR) is 73.5 cm³/mol. The van der Waals surface area contributed by atoms with E-state index in [-0.39, 0.29) is 0 Å². The molecule has 0 amide bonds. The molecule has 0 saturated carbocycles. The van der Waals surface area contributed by atoms with Crippen LogP contribution in [0.3, 0.4) is 0 Å². The van der Waals surface area contributed by atoms with E-state index < -0.39 is 0 Å². The van der Waals surface area contributed by atoms with Crippen LogP contribution in [0.2, 0.25) is 0 Å². The first-order valence-electron chi connectivity index (χ1n) is 6.54. The second kappa shape index (κ2) is 6.99. The number of likely N-dealkylation sites (tertiary alicyclic amines) is 1. The van der Waals surface area contributed by atoms with Gasteiger partial charge in [-0.05, 0) is 44.1 Å². The summed E-state index contributed by atoms with van der Waals surface area (Å²) in [6.07, 6.45) is 3.94. The van der Waals surface area contributed by atoms with Crippen LogP contribution in [0.5, 0.6) is 11.5 Å². The number of rotatable bonds is 6. The Morgan fingerprint density at radius 3 is 2.79 bits per heavy atom. The Labute approximate surface area is 113 Å². The molecule has 5 heteroatoms. The fourth-order valence-electron chi connectivity index (χ4n) is 2.24. The van der Waals surface area contributed by atoms with Gasteiger partial charge in [-0.15, -0.1) is 0 Å². The maximum Gasteiger partial charge on any atom is 0.161 e. The summed E-state index contributed by atoms with van der Waals surface area (Å²) in [4.78, 5) is 2.40. The quantitative estimate of drug-likeness (QED) is 0.485. The van der Waals surface area contributed by atoms with E-state index in [2.05, 4.69) is 10.1 Å². The number of ether oxygens (including phenoxy) is 2. The van der Waals surface area contributed by atoms with Crippen molar-refractivity contribution in [3.05, 3.63) is 23.8 Å². The Morgan fingerprint density at radius 1 is 1.32 bits per heavy atom. The lowest BCUT2D eigenvalue weighted by atomic mass is 10.2. The van der Waals surface area contributed by atoms with Crippen LogP contribution in [0.1, 0.15) is 18.4 Å². The fraction of sp³-hybridized carbons (Fsp3) is 0.500. The summed E-state index contributed by atoms with van der Waals surface area (Å²) in [6, 6.07) is 5.44. The molecule has 1 saturated heterocycles. The minimum absolute atomic E-state index is 0.652. The van der Waals surface area contributed by atoms with E-state index in [1.807, 2.05) is 12.1 Å². The minimum Gasteiger partial charge on any atom is -0.493 e. The lowest BCUT2D eigenvalue weighted by Gasteiger charge is -2.16. The summed E-state index contributed by atoms with van der Waals surface area (Å²) in [5.74, 6) is 1.37. The molecule has 1 aromatic rings. The molecule has 1 heterocycles. The maximum atomic E-state index is 8.51. The van der Waals surface area contributed by atoms with Crippen LogP contribution < -0.4 is 9.47 Å². The van der Waals surface area contributed by atoms with E-state index in [1.165, 1.54) is 32.1 Å². The van der Waals surface area contributed by atoms with Gasteiger partial charge in [-0.25, -0.2) is 0 Å². The molecule has 0 aromatic heterocycles. The van der Waals surface area contributed by atoms with E-state index in [0.717, 1.165) is 17.9 Å². The van der Waals surface area contributed by atoms with Crippen molar-refractivity contribution < 1.29 is 14.7 Å². The highest BCUT2D eigenvalue weighted by Crippen LogP contribution is 2.27. The number of oxime groups is 1. The van der Waals surface area contributed by atoms with Crippen LogP contribution in [0.25, 0.3) is 0 Å². The van der Waals surface area contributed by atoms with Crippen molar-refractivity contribution in [2.45, 2.75) is 12.8 Å². The average Bonchev–Trinajstić information content (AvgIpc) is 2.93. The van der Waals surface area contributed by atoms with Gasteiger partial charge in [-0.3, -0.25) is 4.90 Å². The zero-order chi connectivity index (χ0) is 13.5. The topological polar surface area (TPSA) is 54.3 Å². The Morgan fingerprint density at radius 2 is 2.11 bits per heavy atom. The molecule has 0 radical (unpaired) electrons. The van der Waals surface area contributed by atoms with Crippen LogP contribution in [-0.2, 0) is 0 Å². The van der Waals surface area contributed by atoms with Crippen molar-refractivity contribution in [3.8, 4) is 11.5 Å². The first kappa shape index (κ1) is 13.7. The van der Waals surface area contributed by atoms with Crippen molar-refractivity contribution in [2.75, 3.05) is 33.4 Å². The molecule has 19 heavy (non-hydrogen) atoms. The van der Waals surface area contributed by atoms with Crippen LogP contribution in [-0.4, -0.2) is 49.7 Å². The Hall–Kier alpha value is -1.75. The van der Waals surface area contributed by atoms with Crippen LogP contribution in [0, 0.1) is 0 Å². The summed E-state index contributed by atoms with van der Waals surface area (Å²) < 4.78 is 11.0. The normalized spacial score (nSPS) is 16.1. The van der Waals surface area contributed by atoms with Gasteiger partial charge >= 0.3 is 0 Å². The molecule has 1 aliphatic heterocycles. The molecule has 2 rings (SSSR count). The van der Waals surface area contributed by atoms with Crippen molar-refractivity contribution in [2.24, 2.45) is 5.16 Å². The summed E-state index contributed by atoms with van der Waals surface area (Å²) in [6.45, 7) is 3.95. The van der Waals surface area contributed by atoms with Crippen molar-refractivity contribution in [1.29, 1.82) is 0 Å². The molecule has 0 spiro atoms.